The van der Waals surface area contributed by atoms with Crippen LogP contribution in [0.15, 0.2) is 53.1 Å². The smallest absolute Gasteiger partial charge is 0.534 e. The average molecular weight is 421 g/mol. The molecule has 158 valence electrons. The van der Waals surface area contributed by atoms with Crippen molar-refractivity contribution in [2.24, 2.45) is 0 Å². The summed E-state index contributed by atoms with van der Waals surface area (Å²) in [5.41, 5.74) is 1.87. The Labute approximate surface area is 178 Å². The minimum absolute atomic E-state index is 0.0242. The van der Waals surface area contributed by atoms with Crippen LogP contribution in [0.3, 0.4) is 0 Å². The second-order valence-electron chi connectivity index (χ2n) is 7.27. The van der Waals surface area contributed by atoms with Crippen molar-refractivity contribution in [1.29, 1.82) is 0 Å². The summed E-state index contributed by atoms with van der Waals surface area (Å²) in [5, 5.41) is 29.4. The molecule has 1 aromatic heterocycles. The zero-order valence-corrected chi connectivity index (χ0v) is 16.7. The van der Waals surface area contributed by atoms with E-state index in [1.807, 2.05) is 6.07 Å². The lowest BCUT2D eigenvalue weighted by molar-refractivity contribution is 0.0693. The number of nitrogens with one attached hydrogen (secondary N) is 2. The molecule has 0 saturated carbocycles. The first kappa shape index (κ1) is 20.5. The van der Waals surface area contributed by atoms with Crippen molar-refractivity contribution in [2.45, 2.75) is 25.8 Å². The Morgan fingerprint density at radius 3 is 2.77 bits per heavy atom. The third-order valence-electron chi connectivity index (χ3n) is 4.96. The second-order valence-corrected chi connectivity index (χ2v) is 7.27. The highest BCUT2D eigenvalue weighted by Crippen LogP contribution is 2.30. The van der Waals surface area contributed by atoms with E-state index in [2.05, 4.69) is 15.8 Å². The normalized spacial score (nSPS) is 15.0. The van der Waals surface area contributed by atoms with E-state index in [0.717, 1.165) is 5.56 Å². The van der Waals surface area contributed by atoms with Gasteiger partial charge in [0.1, 0.15) is 11.5 Å². The van der Waals surface area contributed by atoms with E-state index in [9.17, 15) is 19.7 Å². The van der Waals surface area contributed by atoms with E-state index in [1.165, 1.54) is 6.07 Å². The maximum Gasteiger partial charge on any atom is 0.547 e. The van der Waals surface area contributed by atoms with Crippen molar-refractivity contribution in [3.8, 4) is 5.75 Å². The van der Waals surface area contributed by atoms with E-state index < -0.39 is 19.0 Å². The van der Waals surface area contributed by atoms with Crippen LogP contribution >= 0.6 is 0 Å². The van der Waals surface area contributed by atoms with Crippen molar-refractivity contribution in [1.82, 2.24) is 10.5 Å². The number of hydrogen-bond donors (Lipinski definition) is 4. The van der Waals surface area contributed by atoms with Crippen LogP contribution in [0.5, 0.6) is 5.75 Å². The van der Waals surface area contributed by atoms with Crippen LogP contribution in [0, 0.1) is 6.92 Å². The highest BCUT2D eigenvalue weighted by Gasteiger charge is 2.37. The Kier molecular flexibility index (Phi) is 5.63. The summed E-state index contributed by atoms with van der Waals surface area (Å²) in [7, 11) is -1.36. The van der Waals surface area contributed by atoms with Crippen molar-refractivity contribution < 1.29 is 28.9 Å². The van der Waals surface area contributed by atoms with Crippen LogP contribution < -0.4 is 15.3 Å². The summed E-state index contributed by atoms with van der Waals surface area (Å²) in [6.07, 6.45) is 0.246. The number of carbonyl (C=O) groups excluding carboxylic acids is 1. The molecule has 0 fully saturated rings. The van der Waals surface area contributed by atoms with Crippen LogP contribution in [-0.2, 0) is 13.0 Å². The fraction of sp³-hybridized carbons (Fsp3) is 0.190. The summed E-state index contributed by atoms with van der Waals surface area (Å²) >= 11 is 0. The minimum Gasteiger partial charge on any atom is -0.534 e. The van der Waals surface area contributed by atoms with Gasteiger partial charge in [-0.25, -0.2) is 4.79 Å². The lowest BCUT2D eigenvalue weighted by Crippen LogP contribution is -2.53. The van der Waals surface area contributed by atoms with Gasteiger partial charge in [0.15, 0.2) is 5.82 Å². The molecular formula is C21H20BN3O6. The number of nitrogens with zero attached hydrogens (tertiary/aromatic N) is 1. The molecule has 0 saturated heterocycles. The average Bonchev–Trinajstić information content (AvgIpc) is 3.17. The number of carbonyl (C=O) groups is 2. The molecule has 1 aliphatic heterocycles. The minimum atomic E-state index is -1.36. The van der Waals surface area contributed by atoms with E-state index >= 15 is 0 Å². The molecule has 1 aliphatic rings. The molecule has 0 aliphatic carbocycles. The monoisotopic (exact) mass is 421 g/mol. The van der Waals surface area contributed by atoms with Gasteiger partial charge >= 0.3 is 13.1 Å². The molecule has 31 heavy (non-hydrogen) atoms. The summed E-state index contributed by atoms with van der Waals surface area (Å²) in [4.78, 5) is 24.1. The number of carboxylic acids is 1. The van der Waals surface area contributed by atoms with Gasteiger partial charge in [0.05, 0.1) is 11.5 Å². The predicted molar refractivity (Wildman–Crippen MR) is 112 cm³/mol. The standard InChI is InChI=1S/C21H20BN3O6/c1-12-8-18(25-31-12)23-11-13-4-2-6-15(9-13)20(26)24-17-10-14-5-3-7-16(21(27)28)19(14)30-22(17)29/h2-9,17,29H,10-11H2,1H3,(H,23,25)(H,24,26)(H,27,28). The lowest BCUT2D eigenvalue weighted by Gasteiger charge is -2.28. The number of hydrogen-bond acceptors (Lipinski definition) is 7. The number of aromatic nitrogens is 1. The maximum absolute atomic E-state index is 12.8. The summed E-state index contributed by atoms with van der Waals surface area (Å²) in [5.74, 6) is -0.800. The first-order chi connectivity index (χ1) is 14.9. The molecule has 0 spiro atoms. The summed E-state index contributed by atoms with van der Waals surface area (Å²) in [6, 6.07) is 13.6. The Bertz CT molecular complexity index is 1130. The Balaban J connectivity index is 1.43. The number of rotatable bonds is 6. The summed E-state index contributed by atoms with van der Waals surface area (Å²) in [6.45, 7) is 2.25. The van der Waals surface area contributed by atoms with Gasteiger partial charge in [0.25, 0.3) is 5.91 Å². The van der Waals surface area contributed by atoms with Gasteiger partial charge in [-0.2, -0.15) is 0 Å². The Hall–Kier alpha value is -3.79. The van der Waals surface area contributed by atoms with Crippen molar-refractivity contribution in [2.75, 3.05) is 5.32 Å². The first-order valence-electron chi connectivity index (χ1n) is 9.67. The molecule has 1 amide bonds. The molecule has 3 aromatic rings. The van der Waals surface area contributed by atoms with Crippen molar-refractivity contribution >= 4 is 24.8 Å². The Morgan fingerprint density at radius 2 is 2.03 bits per heavy atom. The Morgan fingerprint density at radius 1 is 1.23 bits per heavy atom. The van der Waals surface area contributed by atoms with Crippen molar-refractivity contribution in [3.63, 3.8) is 0 Å². The van der Waals surface area contributed by atoms with Crippen LogP contribution in [0.4, 0.5) is 5.82 Å². The van der Waals surface area contributed by atoms with Gasteiger partial charge < -0.3 is 29.9 Å². The SMILES string of the molecule is Cc1cc(NCc2cccc(C(=O)NC3Cc4cccc(C(=O)O)c4OB3O)c2)no1. The van der Waals surface area contributed by atoms with Gasteiger partial charge in [0.2, 0.25) is 0 Å². The highest BCUT2D eigenvalue weighted by molar-refractivity contribution is 6.47. The number of aromatic carboxylic acids is 1. The van der Waals surface area contributed by atoms with Crippen molar-refractivity contribution in [3.05, 3.63) is 76.5 Å². The van der Waals surface area contributed by atoms with E-state index in [4.69, 9.17) is 9.18 Å². The predicted octanol–water partition coefficient (Wildman–Crippen LogP) is 2.05. The number of anilines is 1. The molecular weight excluding hydrogens is 401 g/mol. The van der Waals surface area contributed by atoms with Crippen LogP contribution in [0.1, 0.15) is 37.6 Å². The van der Waals surface area contributed by atoms with Crippen LogP contribution in [0.2, 0.25) is 0 Å². The molecule has 1 atom stereocenters. The third-order valence-corrected chi connectivity index (χ3v) is 4.96. The largest absolute Gasteiger partial charge is 0.547 e. The molecule has 0 bridgehead atoms. The summed E-state index contributed by atoms with van der Waals surface area (Å²) < 4.78 is 10.4. The molecule has 2 heterocycles. The number of para-hydroxylation sites is 1. The van der Waals surface area contributed by atoms with Gasteiger partial charge in [-0.1, -0.05) is 29.4 Å². The highest BCUT2D eigenvalue weighted by atomic mass is 16.5. The number of benzene rings is 2. The van der Waals surface area contributed by atoms with Gasteiger partial charge in [0, 0.05) is 18.2 Å². The van der Waals surface area contributed by atoms with E-state index in [0.29, 0.717) is 29.2 Å². The number of carboxylic acid groups (broad SMARTS) is 1. The molecule has 4 N–H and O–H groups in total. The fourth-order valence-corrected chi connectivity index (χ4v) is 3.43. The lowest BCUT2D eigenvalue weighted by atomic mass is 9.72. The van der Waals surface area contributed by atoms with Gasteiger partial charge in [-0.05, 0) is 42.7 Å². The van der Waals surface area contributed by atoms with E-state index in [-0.39, 0.29) is 23.6 Å². The zero-order chi connectivity index (χ0) is 22.0. The topological polar surface area (TPSA) is 134 Å². The van der Waals surface area contributed by atoms with Crippen LogP contribution in [-0.4, -0.2) is 40.2 Å². The molecule has 2 aromatic carbocycles. The number of aryl methyl sites for hydroxylation is 1. The fourth-order valence-electron chi connectivity index (χ4n) is 3.43. The van der Waals surface area contributed by atoms with E-state index in [1.54, 1.807) is 43.3 Å². The molecule has 10 heteroatoms. The molecule has 9 nitrogen and oxygen atoms in total. The number of fused-ring (bicyclic) bond motifs is 1. The van der Waals surface area contributed by atoms with Crippen LogP contribution in [0.25, 0.3) is 0 Å². The van der Waals surface area contributed by atoms with Gasteiger partial charge in [-0.15, -0.1) is 0 Å². The maximum atomic E-state index is 12.8. The second kappa shape index (κ2) is 8.53. The first-order valence-corrected chi connectivity index (χ1v) is 9.67. The molecule has 1 unspecified atom stereocenters. The molecule has 4 rings (SSSR count). The third kappa shape index (κ3) is 4.54. The zero-order valence-electron chi connectivity index (χ0n) is 16.7. The van der Waals surface area contributed by atoms with Gasteiger partial charge in [-0.3, -0.25) is 4.79 Å². The number of amides is 1. The quantitative estimate of drug-likeness (QED) is 0.445. The molecule has 0 radical (unpaired) electrons.